The molecule has 10 nitrogen and oxygen atoms in total. The number of carbonyl (C=O) groups is 4. The molecule has 0 rings (SSSR count). The Balaban J connectivity index is 4.43. The van der Waals surface area contributed by atoms with E-state index in [1.807, 2.05) is 0 Å². The Morgan fingerprint density at radius 1 is 0.955 bits per heavy atom. The monoisotopic (exact) mass is 317 g/mol. The molecule has 0 bridgehead atoms. The van der Waals surface area contributed by atoms with Gasteiger partial charge in [0.25, 0.3) is 0 Å². The summed E-state index contributed by atoms with van der Waals surface area (Å²) in [7, 11) is 0. The van der Waals surface area contributed by atoms with E-state index in [4.69, 9.17) is 16.6 Å². The molecule has 0 aliphatic heterocycles. The number of hydrogen-bond donors (Lipinski definition) is 6. The van der Waals surface area contributed by atoms with Gasteiger partial charge in [0.1, 0.15) is 12.6 Å². The Bertz CT molecular complexity index is 401. The summed E-state index contributed by atoms with van der Waals surface area (Å²) in [4.78, 5) is 44.9. The van der Waals surface area contributed by atoms with Crippen LogP contribution in [-0.4, -0.2) is 61.0 Å². The number of carbonyl (C=O) groups excluding carboxylic acids is 3. The molecule has 22 heavy (non-hydrogen) atoms. The highest BCUT2D eigenvalue weighted by atomic mass is 16.4. The Morgan fingerprint density at radius 2 is 1.64 bits per heavy atom. The Kier molecular flexibility index (Phi) is 10.3. The third-order valence-corrected chi connectivity index (χ3v) is 2.64. The van der Waals surface area contributed by atoms with E-state index in [1.54, 1.807) is 0 Å². The molecular weight excluding hydrogens is 294 g/mol. The van der Waals surface area contributed by atoms with Crippen LogP contribution in [0.3, 0.4) is 0 Å². The van der Waals surface area contributed by atoms with Crippen LogP contribution in [0.4, 0.5) is 0 Å². The highest BCUT2D eigenvalue weighted by Crippen LogP contribution is 2.00. The summed E-state index contributed by atoms with van der Waals surface area (Å²) in [5, 5.41) is 15.4. The lowest BCUT2D eigenvalue weighted by molar-refractivity contribution is -0.138. The van der Waals surface area contributed by atoms with Gasteiger partial charge in [0.2, 0.25) is 17.7 Å². The number of amides is 3. The van der Waals surface area contributed by atoms with Crippen molar-refractivity contribution in [3.63, 3.8) is 0 Å². The topological polar surface area (TPSA) is 177 Å². The molecule has 0 aliphatic carbocycles. The molecule has 8 N–H and O–H groups in total. The molecule has 1 atom stereocenters. The largest absolute Gasteiger partial charge is 0.480 e. The first-order valence-corrected chi connectivity index (χ1v) is 6.86. The smallest absolute Gasteiger partial charge is 0.322 e. The van der Waals surface area contributed by atoms with Crippen molar-refractivity contribution >= 4 is 23.7 Å². The molecule has 10 heteroatoms. The second-order valence-electron chi connectivity index (χ2n) is 4.50. The van der Waals surface area contributed by atoms with Crippen LogP contribution < -0.4 is 27.4 Å². The molecule has 0 spiro atoms. The fourth-order valence-electron chi connectivity index (χ4n) is 1.54. The minimum absolute atomic E-state index is 0.244. The highest BCUT2D eigenvalue weighted by Gasteiger charge is 2.20. The summed E-state index contributed by atoms with van der Waals surface area (Å²) in [6.07, 6.45) is 1.58. The molecule has 0 saturated carbocycles. The first-order chi connectivity index (χ1) is 10.4. The minimum Gasteiger partial charge on any atom is -0.480 e. The lowest BCUT2D eigenvalue weighted by atomic mass is 10.1. The summed E-state index contributed by atoms with van der Waals surface area (Å²) in [5.41, 5.74) is 10.4. The molecule has 0 fully saturated rings. The van der Waals surface area contributed by atoms with Gasteiger partial charge in [-0.25, -0.2) is 0 Å². The predicted octanol–water partition coefficient (Wildman–Crippen LogP) is -3.12. The zero-order valence-electron chi connectivity index (χ0n) is 12.3. The standard InChI is InChI=1S/C12H23N5O5/c13-4-2-1-3-8(12(22)16-7-11(20)21)17-10(19)6-15-9(18)5-14/h8H,1-7,13-14H2,(H,15,18)(H,16,22)(H,17,19)(H,20,21)/t8-/m1/s1. The maximum atomic E-state index is 11.8. The molecule has 0 radical (unpaired) electrons. The zero-order valence-corrected chi connectivity index (χ0v) is 12.3. The third-order valence-electron chi connectivity index (χ3n) is 2.64. The van der Waals surface area contributed by atoms with E-state index in [0.717, 1.165) is 0 Å². The van der Waals surface area contributed by atoms with Gasteiger partial charge in [-0.05, 0) is 25.8 Å². The molecule has 0 aromatic carbocycles. The summed E-state index contributed by atoms with van der Waals surface area (Å²) in [5.74, 6) is -2.84. The van der Waals surface area contributed by atoms with E-state index >= 15 is 0 Å². The quantitative estimate of drug-likeness (QED) is 0.218. The van der Waals surface area contributed by atoms with E-state index in [2.05, 4.69) is 16.0 Å². The first kappa shape index (κ1) is 19.8. The molecule has 126 valence electrons. The molecule has 3 amide bonds. The summed E-state index contributed by atoms with van der Waals surface area (Å²) >= 11 is 0. The van der Waals surface area contributed by atoms with Crippen molar-refractivity contribution < 1.29 is 24.3 Å². The van der Waals surface area contributed by atoms with Crippen molar-refractivity contribution in [3.05, 3.63) is 0 Å². The minimum atomic E-state index is -1.18. The molecule has 0 aliphatic rings. The summed E-state index contributed by atoms with van der Waals surface area (Å²) in [6.45, 7) is -0.641. The fourth-order valence-corrected chi connectivity index (χ4v) is 1.54. The summed E-state index contributed by atoms with van der Waals surface area (Å²) < 4.78 is 0. The van der Waals surface area contributed by atoms with Gasteiger partial charge < -0.3 is 32.5 Å². The fraction of sp³-hybridized carbons (Fsp3) is 0.667. The number of nitrogens with two attached hydrogens (primary N) is 2. The number of hydrogen-bond acceptors (Lipinski definition) is 6. The van der Waals surface area contributed by atoms with Gasteiger partial charge >= 0.3 is 5.97 Å². The van der Waals surface area contributed by atoms with Gasteiger partial charge in [0, 0.05) is 0 Å². The van der Waals surface area contributed by atoms with Crippen LogP contribution in [0, 0.1) is 0 Å². The Morgan fingerprint density at radius 3 is 2.18 bits per heavy atom. The molecular formula is C12H23N5O5. The van der Waals surface area contributed by atoms with Crippen molar-refractivity contribution in [3.8, 4) is 0 Å². The molecule has 0 aromatic rings. The summed E-state index contributed by atoms with van der Waals surface area (Å²) in [6, 6.07) is -0.881. The van der Waals surface area contributed by atoms with Crippen LogP contribution in [0.5, 0.6) is 0 Å². The first-order valence-electron chi connectivity index (χ1n) is 6.86. The third kappa shape index (κ3) is 9.66. The van der Waals surface area contributed by atoms with E-state index in [0.29, 0.717) is 25.8 Å². The van der Waals surface area contributed by atoms with Crippen molar-refractivity contribution in [2.45, 2.75) is 25.3 Å². The molecule has 0 aromatic heterocycles. The van der Waals surface area contributed by atoms with Crippen LogP contribution in [0.2, 0.25) is 0 Å². The number of rotatable bonds is 11. The number of carboxylic acids is 1. The van der Waals surface area contributed by atoms with Gasteiger partial charge in [-0.2, -0.15) is 0 Å². The lowest BCUT2D eigenvalue weighted by Crippen LogP contribution is -2.50. The SMILES string of the molecule is NCCCC[C@@H](NC(=O)CNC(=O)CN)C(=O)NCC(=O)O. The molecule has 0 saturated heterocycles. The second kappa shape index (κ2) is 11.5. The van der Waals surface area contributed by atoms with Crippen LogP contribution >= 0.6 is 0 Å². The van der Waals surface area contributed by atoms with Gasteiger partial charge in [-0.15, -0.1) is 0 Å². The van der Waals surface area contributed by atoms with E-state index in [-0.39, 0.29) is 13.1 Å². The predicted molar refractivity (Wildman–Crippen MR) is 77.5 cm³/mol. The average molecular weight is 317 g/mol. The van der Waals surface area contributed by atoms with Crippen LogP contribution in [0.25, 0.3) is 0 Å². The van der Waals surface area contributed by atoms with Crippen LogP contribution in [-0.2, 0) is 19.2 Å². The maximum absolute atomic E-state index is 11.8. The Labute approximate surface area is 128 Å². The van der Waals surface area contributed by atoms with Crippen LogP contribution in [0.1, 0.15) is 19.3 Å². The number of unbranched alkanes of at least 4 members (excludes halogenated alkanes) is 1. The van der Waals surface area contributed by atoms with Gasteiger partial charge in [0.05, 0.1) is 13.1 Å². The highest BCUT2D eigenvalue weighted by molar-refractivity contribution is 5.91. The lowest BCUT2D eigenvalue weighted by Gasteiger charge is -2.18. The second-order valence-corrected chi connectivity index (χ2v) is 4.50. The average Bonchev–Trinajstić information content (AvgIpc) is 2.49. The number of nitrogens with one attached hydrogen (secondary N) is 3. The van der Waals surface area contributed by atoms with Crippen molar-refractivity contribution in [1.82, 2.24) is 16.0 Å². The van der Waals surface area contributed by atoms with Gasteiger partial charge in [0.15, 0.2) is 0 Å². The molecule has 0 unspecified atom stereocenters. The molecule has 0 heterocycles. The Hall–Kier alpha value is -2.20. The van der Waals surface area contributed by atoms with Crippen molar-refractivity contribution in [2.24, 2.45) is 11.5 Å². The van der Waals surface area contributed by atoms with Crippen molar-refractivity contribution in [2.75, 3.05) is 26.2 Å². The van der Waals surface area contributed by atoms with E-state index < -0.39 is 36.3 Å². The van der Waals surface area contributed by atoms with Gasteiger partial charge in [-0.1, -0.05) is 0 Å². The zero-order chi connectivity index (χ0) is 17.0. The van der Waals surface area contributed by atoms with Gasteiger partial charge in [-0.3, -0.25) is 19.2 Å². The van der Waals surface area contributed by atoms with Crippen molar-refractivity contribution in [1.29, 1.82) is 0 Å². The van der Waals surface area contributed by atoms with Crippen LogP contribution in [0.15, 0.2) is 0 Å². The number of aliphatic carboxylic acids is 1. The maximum Gasteiger partial charge on any atom is 0.322 e. The normalized spacial score (nSPS) is 11.4. The number of carboxylic acid groups (broad SMARTS) is 1. The van der Waals surface area contributed by atoms with E-state index in [1.165, 1.54) is 0 Å². The van der Waals surface area contributed by atoms with E-state index in [9.17, 15) is 19.2 Å².